The van der Waals surface area contributed by atoms with Crippen LogP contribution in [-0.4, -0.2) is 10.2 Å². The third-order valence-corrected chi connectivity index (χ3v) is 5.75. The number of aromatic hydroxyl groups is 2. The topological polar surface area (TPSA) is 40.5 Å². The van der Waals surface area contributed by atoms with Gasteiger partial charge >= 0.3 is 0 Å². The molecule has 0 aliphatic rings. The summed E-state index contributed by atoms with van der Waals surface area (Å²) in [7, 11) is 0. The Labute approximate surface area is 174 Å². The van der Waals surface area contributed by atoms with E-state index in [0.29, 0.717) is 12.0 Å². The standard InChI is InChI=1S/C25H34O2S/c1-5-6-7-11-20-16-23(26)22(13-12-19(4)10-8-9-18(2)3)25(27)24(20)21-14-15-28-17-21/h9,12,14-17,26-27H,5-8,10-11,13H2,1-4H3. The number of rotatable bonds is 10. The second-order valence-corrected chi connectivity index (χ2v) is 8.58. The summed E-state index contributed by atoms with van der Waals surface area (Å²) >= 11 is 1.63. The van der Waals surface area contributed by atoms with Crippen molar-refractivity contribution in [3.63, 3.8) is 0 Å². The molecule has 1 heterocycles. The second-order valence-electron chi connectivity index (χ2n) is 7.80. The first-order chi connectivity index (χ1) is 13.4. The molecule has 0 saturated carbocycles. The van der Waals surface area contributed by atoms with Crippen molar-refractivity contribution in [2.45, 2.75) is 72.6 Å². The lowest BCUT2D eigenvalue weighted by molar-refractivity contribution is 0.440. The molecule has 0 spiro atoms. The average molecular weight is 399 g/mol. The third kappa shape index (κ3) is 6.27. The van der Waals surface area contributed by atoms with Crippen molar-refractivity contribution >= 4 is 11.3 Å². The van der Waals surface area contributed by atoms with Gasteiger partial charge in [0.15, 0.2) is 0 Å². The van der Waals surface area contributed by atoms with E-state index in [4.69, 9.17) is 0 Å². The Morgan fingerprint density at radius 2 is 1.89 bits per heavy atom. The molecule has 0 aliphatic heterocycles. The fourth-order valence-electron chi connectivity index (χ4n) is 3.41. The van der Waals surface area contributed by atoms with E-state index in [1.54, 1.807) is 11.3 Å². The molecule has 2 aromatic rings. The number of hydrogen-bond acceptors (Lipinski definition) is 3. The number of benzene rings is 1. The van der Waals surface area contributed by atoms with Crippen LogP contribution in [0.25, 0.3) is 11.1 Å². The zero-order valence-corrected chi connectivity index (χ0v) is 18.5. The summed E-state index contributed by atoms with van der Waals surface area (Å²) in [5.74, 6) is 0.439. The van der Waals surface area contributed by atoms with Crippen LogP contribution in [0.1, 0.15) is 70.9 Å². The Hall–Kier alpha value is -2.00. The zero-order chi connectivity index (χ0) is 20.5. The van der Waals surface area contributed by atoms with Crippen molar-refractivity contribution in [1.82, 2.24) is 0 Å². The van der Waals surface area contributed by atoms with E-state index in [9.17, 15) is 10.2 Å². The molecule has 0 amide bonds. The maximum absolute atomic E-state index is 11.0. The minimum absolute atomic E-state index is 0.205. The Morgan fingerprint density at radius 3 is 2.54 bits per heavy atom. The van der Waals surface area contributed by atoms with Gasteiger partial charge in [-0.15, -0.1) is 0 Å². The van der Waals surface area contributed by atoms with Gasteiger partial charge in [-0.25, -0.2) is 0 Å². The van der Waals surface area contributed by atoms with Crippen molar-refractivity contribution in [1.29, 1.82) is 0 Å². The molecule has 0 radical (unpaired) electrons. The van der Waals surface area contributed by atoms with Crippen LogP contribution in [0.4, 0.5) is 0 Å². The molecule has 152 valence electrons. The molecular weight excluding hydrogens is 364 g/mol. The number of phenols is 2. The van der Waals surface area contributed by atoms with Crippen molar-refractivity contribution in [2.24, 2.45) is 0 Å². The van der Waals surface area contributed by atoms with Gasteiger partial charge in [0, 0.05) is 11.1 Å². The van der Waals surface area contributed by atoms with Gasteiger partial charge in [0.2, 0.25) is 0 Å². The maximum atomic E-state index is 11.0. The lowest BCUT2D eigenvalue weighted by Crippen LogP contribution is -1.96. The van der Waals surface area contributed by atoms with E-state index in [1.807, 2.05) is 17.5 Å². The highest BCUT2D eigenvalue weighted by Crippen LogP contribution is 2.42. The molecule has 2 N–H and O–H groups in total. The van der Waals surface area contributed by atoms with E-state index < -0.39 is 0 Å². The molecular formula is C25H34O2S. The van der Waals surface area contributed by atoms with Crippen LogP contribution in [0.5, 0.6) is 11.5 Å². The summed E-state index contributed by atoms with van der Waals surface area (Å²) in [6, 6.07) is 3.91. The van der Waals surface area contributed by atoms with E-state index >= 15 is 0 Å². The average Bonchev–Trinajstić information content (AvgIpc) is 3.15. The van der Waals surface area contributed by atoms with Crippen molar-refractivity contribution in [2.75, 3.05) is 0 Å². The van der Waals surface area contributed by atoms with E-state index in [0.717, 1.165) is 55.2 Å². The predicted octanol–water partition coefficient (Wildman–Crippen LogP) is 7.79. The SMILES string of the molecule is CCCCCc1cc(O)c(CC=C(C)CCC=C(C)C)c(O)c1-c1ccsc1. The molecule has 0 saturated heterocycles. The molecule has 3 heteroatoms. The first-order valence-electron chi connectivity index (χ1n) is 10.3. The van der Waals surface area contributed by atoms with E-state index in [-0.39, 0.29) is 11.5 Å². The highest BCUT2D eigenvalue weighted by molar-refractivity contribution is 7.08. The van der Waals surface area contributed by atoms with Crippen molar-refractivity contribution < 1.29 is 10.2 Å². The third-order valence-electron chi connectivity index (χ3n) is 5.07. The molecule has 0 unspecified atom stereocenters. The van der Waals surface area contributed by atoms with Gasteiger partial charge in [-0.2, -0.15) is 11.3 Å². The van der Waals surface area contributed by atoms with Gasteiger partial charge in [0.05, 0.1) is 0 Å². The Morgan fingerprint density at radius 1 is 1.11 bits per heavy atom. The molecule has 0 atom stereocenters. The molecule has 0 aliphatic carbocycles. The van der Waals surface area contributed by atoms with Crippen LogP contribution >= 0.6 is 11.3 Å². The van der Waals surface area contributed by atoms with Crippen LogP contribution < -0.4 is 0 Å². The summed E-state index contributed by atoms with van der Waals surface area (Å²) in [6.07, 6.45) is 11.2. The summed E-state index contributed by atoms with van der Waals surface area (Å²) in [6.45, 7) is 8.53. The number of unbranched alkanes of at least 4 members (excludes halogenated alkanes) is 2. The largest absolute Gasteiger partial charge is 0.508 e. The van der Waals surface area contributed by atoms with Crippen molar-refractivity contribution in [3.05, 3.63) is 57.3 Å². The molecule has 1 aromatic carbocycles. The highest BCUT2D eigenvalue weighted by Gasteiger charge is 2.18. The van der Waals surface area contributed by atoms with Gasteiger partial charge in [0.25, 0.3) is 0 Å². The number of hydrogen-bond donors (Lipinski definition) is 2. The summed E-state index contributed by atoms with van der Waals surface area (Å²) in [5, 5.41) is 25.8. The fraction of sp³-hybridized carbons (Fsp3) is 0.440. The first kappa shape index (κ1) is 22.3. The van der Waals surface area contributed by atoms with Crippen LogP contribution in [0, 0.1) is 0 Å². The van der Waals surface area contributed by atoms with Gasteiger partial charge in [-0.3, -0.25) is 0 Å². The lowest BCUT2D eigenvalue weighted by atomic mass is 9.92. The van der Waals surface area contributed by atoms with Crippen LogP contribution in [0.2, 0.25) is 0 Å². The molecule has 2 nitrogen and oxygen atoms in total. The maximum Gasteiger partial charge on any atom is 0.130 e. The van der Waals surface area contributed by atoms with Gasteiger partial charge in [-0.1, -0.05) is 43.1 Å². The second kappa shape index (κ2) is 11.1. The fourth-order valence-corrected chi connectivity index (χ4v) is 4.05. The summed E-state index contributed by atoms with van der Waals surface area (Å²) in [5.41, 5.74) is 6.21. The monoisotopic (exact) mass is 398 g/mol. The van der Waals surface area contributed by atoms with E-state index in [2.05, 4.69) is 45.2 Å². The number of aryl methyl sites for hydroxylation is 1. The predicted molar refractivity (Wildman–Crippen MR) is 122 cm³/mol. The lowest BCUT2D eigenvalue weighted by Gasteiger charge is -2.16. The molecule has 2 rings (SSSR count). The van der Waals surface area contributed by atoms with Gasteiger partial charge in [-0.05, 0) is 86.9 Å². The Kier molecular flexibility index (Phi) is 8.85. The Bertz CT molecular complexity index is 810. The van der Waals surface area contributed by atoms with Gasteiger partial charge < -0.3 is 10.2 Å². The first-order valence-corrected chi connectivity index (χ1v) is 11.3. The minimum Gasteiger partial charge on any atom is -0.508 e. The Balaban J connectivity index is 2.30. The zero-order valence-electron chi connectivity index (χ0n) is 17.7. The number of allylic oxidation sites excluding steroid dienone is 4. The van der Waals surface area contributed by atoms with Crippen molar-refractivity contribution in [3.8, 4) is 22.6 Å². The number of thiophene rings is 1. The van der Waals surface area contributed by atoms with Crippen LogP contribution in [-0.2, 0) is 12.8 Å². The quantitative estimate of drug-likeness (QED) is 0.317. The summed E-state index contributed by atoms with van der Waals surface area (Å²) in [4.78, 5) is 0. The number of phenolic OH excluding ortho intramolecular Hbond substituents is 2. The molecule has 0 fully saturated rings. The van der Waals surface area contributed by atoms with Gasteiger partial charge in [0.1, 0.15) is 11.5 Å². The normalized spacial score (nSPS) is 11.6. The molecule has 1 aromatic heterocycles. The molecule has 28 heavy (non-hydrogen) atoms. The van der Waals surface area contributed by atoms with Crippen LogP contribution in [0.15, 0.2) is 46.2 Å². The smallest absolute Gasteiger partial charge is 0.130 e. The minimum atomic E-state index is 0.205. The summed E-state index contributed by atoms with van der Waals surface area (Å²) < 4.78 is 0. The van der Waals surface area contributed by atoms with Crippen LogP contribution in [0.3, 0.4) is 0 Å². The highest BCUT2D eigenvalue weighted by atomic mass is 32.1. The molecule has 0 bridgehead atoms. The van der Waals surface area contributed by atoms with E-state index in [1.165, 1.54) is 11.1 Å².